The molecular weight excluding hydrogens is 438 g/mol. The van der Waals surface area contributed by atoms with Gasteiger partial charge in [-0.1, -0.05) is 41.7 Å². The summed E-state index contributed by atoms with van der Waals surface area (Å²) in [6.07, 6.45) is 0. The van der Waals surface area contributed by atoms with Gasteiger partial charge in [0.05, 0.1) is 13.2 Å². The van der Waals surface area contributed by atoms with Crippen molar-refractivity contribution in [3.8, 4) is 0 Å². The second-order valence-electron chi connectivity index (χ2n) is 6.78. The van der Waals surface area contributed by atoms with E-state index >= 15 is 0 Å². The van der Waals surface area contributed by atoms with Crippen LogP contribution in [0, 0.1) is 0 Å². The standard InChI is InChI=1S/C20H21N5O4S2/c26-18(16-4-2-1-3-5-16)22-19-23-24-20(30-19)31(27,28)21-14-15-6-8-17(9-7-15)25-10-12-29-13-11-25/h1-9,21H,10-14H2,(H,22,23,26). The summed E-state index contributed by atoms with van der Waals surface area (Å²) in [7, 11) is -3.85. The molecule has 0 radical (unpaired) electrons. The minimum atomic E-state index is -3.85. The quantitative estimate of drug-likeness (QED) is 0.520. The number of nitrogens with zero attached hydrogens (tertiary/aromatic N) is 3. The average molecular weight is 460 g/mol. The van der Waals surface area contributed by atoms with Crippen LogP contribution >= 0.6 is 11.3 Å². The predicted octanol–water partition coefficient (Wildman–Crippen LogP) is 2.11. The van der Waals surface area contributed by atoms with Gasteiger partial charge in [-0.25, -0.2) is 13.1 Å². The fourth-order valence-electron chi connectivity index (χ4n) is 3.01. The van der Waals surface area contributed by atoms with Gasteiger partial charge in [0.1, 0.15) is 0 Å². The maximum absolute atomic E-state index is 12.6. The number of amides is 1. The smallest absolute Gasteiger partial charge is 0.270 e. The molecule has 0 spiro atoms. The maximum atomic E-state index is 12.6. The van der Waals surface area contributed by atoms with E-state index in [0.717, 1.165) is 35.7 Å². The highest BCUT2D eigenvalue weighted by molar-refractivity contribution is 7.91. The van der Waals surface area contributed by atoms with Crippen molar-refractivity contribution in [2.45, 2.75) is 10.9 Å². The van der Waals surface area contributed by atoms with E-state index < -0.39 is 10.0 Å². The number of rotatable bonds is 7. The van der Waals surface area contributed by atoms with Gasteiger partial charge in [0.15, 0.2) is 0 Å². The molecule has 31 heavy (non-hydrogen) atoms. The number of benzene rings is 2. The average Bonchev–Trinajstić information content (AvgIpc) is 3.29. The number of ether oxygens (including phenoxy) is 1. The molecule has 0 atom stereocenters. The third-order valence-corrected chi connectivity index (χ3v) is 7.28. The number of hydrogen-bond donors (Lipinski definition) is 2. The minimum absolute atomic E-state index is 0.115. The molecule has 1 aliphatic heterocycles. The first kappa shape index (κ1) is 21.4. The zero-order chi connectivity index (χ0) is 21.7. The van der Waals surface area contributed by atoms with Crippen LogP contribution in [0.2, 0.25) is 0 Å². The normalized spacial score (nSPS) is 14.4. The maximum Gasteiger partial charge on any atom is 0.270 e. The molecule has 162 valence electrons. The van der Waals surface area contributed by atoms with Gasteiger partial charge in [-0.05, 0) is 29.8 Å². The summed E-state index contributed by atoms with van der Waals surface area (Å²) in [6, 6.07) is 16.3. The Morgan fingerprint density at radius 3 is 2.45 bits per heavy atom. The van der Waals surface area contributed by atoms with Gasteiger partial charge >= 0.3 is 0 Å². The fraction of sp³-hybridized carbons (Fsp3) is 0.250. The summed E-state index contributed by atoms with van der Waals surface area (Å²) in [5.41, 5.74) is 2.35. The van der Waals surface area contributed by atoms with Gasteiger partial charge in [0.2, 0.25) is 9.47 Å². The lowest BCUT2D eigenvalue weighted by atomic mass is 10.2. The molecule has 9 nitrogen and oxygen atoms in total. The van der Waals surface area contributed by atoms with E-state index in [4.69, 9.17) is 4.74 Å². The molecule has 1 aliphatic rings. The molecule has 3 aromatic rings. The number of carbonyl (C=O) groups excluding carboxylic acids is 1. The summed E-state index contributed by atoms with van der Waals surface area (Å²) in [5.74, 6) is -0.381. The Labute approximate surface area is 184 Å². The Morgan fingerprint density at radius 2 is 1.74 bits per heavy atom. The number of anilines is 2. The third-order valence-electron chi connectivity index (χ3n) is 4.67. The fourth-order valence-corrected chi connectivity index (χ4v) is 4.97. The first-order valence-corrected chi connectivity index (χ1v) is 11.9. The molecule has 1 aromatic heterocycles. The molecule has 2 N–H and O–H groups in total. The second kappa shape index (κ2) is 9.52. The minimum Gasteiger partial charge on any atom is -0.378 e. The molecule has 4 rings (SSSR count). The number of aromatic nitrogens is 2. The van der Waals surface area contributed by atoms with Gasteiger partial charge in [-0.3, -0.25) is 10.1 Å². The van der Waals surface area contributed by atoms with Gasteiger partial charge in [-0.15, -0.1) is 10.2 Å². The number of sulfonamides is 1. The molecule has 0 aliphatic carbocycles. The number of hydrogen-bond acceptors (Lipinski definition) is 8. The van der Waals surface area contributed by atoms with E-state index in [-0.39, 0.29) is 21.9 Å². The van der Waals surface area contributed by atoms with E-state index in [1.165, 1.54) is 0 Å². The lowest BCUT2D eigenvalue weighted by Gasteiger charge is -2.28. The van der Waals surface area contributed by atoms with Crippen LogP contribution in [0.4, 0.5) is 10.8 Å². The Balaban J connectivity index is 1.35. The van der Waals surface area contributed by atoms with Crippen molar-refractivity contribution in [2.24, 2.45) is 0 Å². The van der Waals surface area contributed by atoms with Gasteiger partial charge in [0.25, 0.3) is 15.9 Å². The van der Waals surface area contributed by atoms with Crippen LogP contribution in [0.5, 0.6) is 0 Å². The van der Waals surface area contributed by atoms with Crippen molar-refractivity contribution in [3.05, 3.63) is 65.7 Å². The van der Waals surface area contributed by atoms with Crippen molar-refractivity contribution in [1.82, 2.24) is 14.9 Å². The molecule has 1 amide bonds. The third kappa shape index (κ3) is 5.44. The van der Waals surface area contributed by atoms with E-state index in [1.54, 1.807) is 30.3 Å². The van der Waals surface area contributed by atoms with Crippen LogP contribution in [0.25, 0.3) is 0 Å². The summed E-state index contributed by atoms with van der Waals surface area (Å²) in [5, 5.41) is 10.2. The SMILES string of the molecule is O=C(Nc1nnc(S(=O)(=O)NCc2ccc(N3CCOCC3)cc2)s1)c1ccccc1. The Kier molecular flexibility index (Phi) is 6.56. The van der Waals surface area contributed by atoms with Crippen LogP contribution in [0.15, 0.2) is 58.9 Å². The molecule has 0 unspecified atom stereocenters. The Morgan fingerprint density at radius 1 is 1.03 bits per heavy atom. The number of morpholine rings is 1. The van der Waals surface area contributed by atoms with Crippen LogP contribution in [-0.2, 0) is 21.3 Å². The van der Waals surface area contributed by atoms with Crippen molar-refractivity contribution in [2.75, 3.05) is 36.5 Å². The highest BCUT2D eigenvalue weighted by Crippen LogP contribution is 2.21. The monoisotopic (exact) mass is 459 g/mol. The molecule has 1 fully saturated rings. The van der Waals surface area contributed by atoms with Crippen LogP contribution in [-0.4, -0.2) is 50.8 Å². The van der Waals surface area contributed by atoms with E-state index in [2.05, 4.69) is 25.1 Å². The lowest BCUT2D eigenvalue weighted by Crippen LogP contribution is -2.36. The molecule has 1 saturated heterocycles. The second-order valence-corrected chi connectivity index (χ2v) is 9.70. The summed E-state index contributed by atoms with van der Waals surface area (Å²) in [4.78, 5) is 14.4. The highest BCUT2D eigenvalue weighted by atomic mass is 32.2. The number of nitrogens with one attached hydrogen (secondary N) is 2. The number of carbonyl (C=O) groups is 1. The van der Waals surface area contributed by atoms with Crippen molar-refractivity contribution in [3.63, 3.8) is 0 Å². The van der Waals surface area contributed by atoms with Crippen LogP contribution < -0.4 is 14.9 Å². The largest absolute Gasteiger partial charge is 0.378 e. The predicted molar refractivity (Wildman–Crippen MR) is 118 cm³/mol. The van der Waals surface area contributed by atoms with Crippen LogP contribution in [0.3, 0.4) is 0 Å². The Hall–Kier alpha value is -2.86. The topological polar surface area (TPSA) is 114 Å². The highest BCUT2D eigenvalue weighted by Gasteiger charge is 2.21. The zero-order valence-electron chi connectivity index (χ0n) is 16.5. The molecule has 2 aromatic carbocycles. The molecule has 11 heteroatoms. The van der Waals surface area contributed by atoms with E-state index in [0.29, 0.717) is 18.8 Å². The van der Waals surface area contributed by atoms with Gasteiger partial charge < -0.3 is 9.64 Å². The summed E-state index contributed by atoms with van der Waals surface area (Å²) < 4.78 is 32.8. The first-order valence-electron chi connectivity index (χ1n) is 9.62. The van der Waals surface area contributed by atoms with Gasteiger partial charge in [-0.2, -0.15) is 0 Å². The molecular formula is C20H21N5O4S2. The van der Waals surface area contributed by atoms with Crippen molar-refractivity contribution in [1.29, 1.82) is 0 Å². The summed E-state index contributed by atoms with van der Waals surface area (Å²) in [6.45, 7) is 3.21. The molecule has 0 saturated carbocycles. The van der Waals surface area contributed by atoms with E-state index in [9.17, 15) is 13.2 Å². The lowest BCUT2D eigenvalue weighted by molar-refractivity contribution is 0.102. The zero-order valence-corrected chi connectivity index (χ0v) is 18.2. The van der Waals surface area contributed by atoms with Crippen molar-refractivity contribution >= 4 is 38.1 Å². The molecule has 0 bridgehead atoms. The first-order chi connectivity index (χ1) is 15.0. The molecule has 2 heterocycles. The van der Waals surface area contributed by atoms with Crippen LogP contribution in [0.1, 0.15) is 15.9 Å². The van der Waals surface area contributed by atoms with E-state index in [1.807, 2.05) is 24.3 Å². The summed E-state index contributed by atoms with van der Waals surface area (Å²) >= 11 is 0.796. The Bertz CT molecular complexity index is 1130. The van der Waals surface area contributed by atoms with Gasteiger partial charge in [0, 0.05) is 30.9 Å². The van der Waals surface area contributed by atoms with Crippen molar-refractivity contribution < 1.29 is 17.9 Å².